The third-order valence-electron chi connectivity index (χ3n) is 3.72. The van der Waals surface area contributed by atoms with Gasteiger partial charge < -0.3 is 5.32 Å². The van der Waals surface area contributed by atoms with Gasteiger partial charge in [-0.2, -0.15) is 5.10 Å². The average molecular weight is 241 g/mol. The molecule has 0 radical (unpaired) electrons. The van der Waals surface area contributed by atoms with Crippen LogP contribution >= 0.6 is 0 Å². The lowest BCUT2D eigenvalue weighted by molar-refractivity contribution is 0.626. The van der Waals surface area contributed by atoms with E-state index in [-0.39, 0.29) is 0 Å². The first-order valence-electron chi connectivity index (χ1n) is 6.61. The highest BCUT2D eigenvalue weighted by Crippen LogP contribution is 2.22. The van der Waals surface area contributed by atoms with Gasteiger partial charge in [-0.1, -0.05) is 18.2 Å². The molecule has 0 saturated heterocycles. The van der Waals surface area contributed by atoms with Crippen LogP contribution in [0.15, 0.2) is 30.5 Å². The third-order valence-corrected chi connectivity index (χ3v) is 3.72. The van der Waals surface area contributed by atoms with Gasteiger partial charge in [-0.15, -0.1) is 0 Å². The molecule has 0 atom stereocenters. The highest BCUT2D eigenvalue weighted by molar-refractivity contribution is 5.35. The Hall–Kier alpha value is -1.61. The molecule has 0 fully saturated rings. The van der Waals surface area contributed by atoms with Crippen LogP contribution in [-0.4, -0.2) is 9.78 Å². The number of hydrogen-bond donors (Lipinski definition) is 1. The maximum Gasteiger partial charge on any atom is 0.0518 e. The monoisotopic (exact) mass is 241 g/mol. The first-order valence-corrected chi connectivity index (χ1v) is 6.61. The predicted molar refractivity (Wildman–Crippen MR) is 72.2 cm³/mol. The standard InChI is InChI=1S/C15H19N3/c1-18-15(7-8-17-18)11-16-10-12-5-6-13-3-2-4-14(13)9-12/h5-9,16H,2-4,10-11H2,1H3. The van der Waals surface area contributed by atoms with Crippen LogP contribution < -0.4 is 5.32 Å². The number of hydrogen-bond acceptors (Lipinski definition) is 2. The summed E-state index contributed by atoms with van der Waals surface area (Å²) in [7, 11) is 1.98. The molecule has 0 bridgehead atoms. The van der Waals surface area contributed by atoms with Crippen molar-refractivity contribution in [1.82, 2.24) is 15.1 Å². The molecule has 1 aliphatic carbocycles. The molecule has 1 N–H and O–H groups in total. The number of benzene rings is 1. The summed E-state index contributed by atoms with van der Waals surface area (Å²) in [5.74, 6) is 0. The SMILES string of the molecule is Cn1nccc1CNCc1ccc2c(c1)CCC2. The van der Waals surface area contributed by atoms with E-state index in [2.05, 4.69) is 34.7 Å². The van der Waals surface area contributed by atoms with Gasteiger partial charge in [0.2, 0.25) is 0 Å². The molecule has 94 valence electrons. The second-order valence-corrected chi connectivity index (χ2v) is 5.01. The molecule has 0 spiro atoms. The summed E-state index contributed by atoms with van der Waals surface area (Å²) in [4.78, 5) is 0. The maximum atomic E-state index is 4.17. The van der Waals surface area contributed by atoms with Crippen LogP contribution in [0.25, 0.3) is 0 Å². The van der Waals surface area contributed by atoms with Crippen LogP contribution in [0.1, 0.15) is 28.8 Å². The van der Waals surface area contributed by atoms with Crippen LogP contribution in [0.5, 0.6) is 0 Å². The Morgan fingerprint density at radius 3 is 2.89 bits per heavy atom. The summed E-state index contributed by atoms with van der Waals surface area (Å²) >= 11 is 0. The molecule has 0 amide bonds. The number of rotatable bonds is 4. The second-order valence-electron chi connectivity index (χ2n) is 5.01. The van der Waals surface area contributed by atoms with Gasteiger partial charge in [-0.05, 0) is 42.0 Å². The van der Waals surface area contributed by atoms with Crippen molar-refractivity contribution in [2.75, 3.05) is 0 Å². The van der Waals surface area contributed by atoms with E-state index in [4.69, 9.17) is 0 Å². The van der Waals surface area contributed by atoms with E-state index in [0.717, 1.165) is 13.1 Å². The van der Waals surface area contributed by atoms with E-state index >= 15 is 0 Å². The topological polar surface area (TPSA) is 29.9 Å². The Balaban J connectivity index is 1.59. The van der Waals surface area contributed by atoms with Crippen LogP contribution in [-0.2, 0) is 33.0 Å². The van der Waals surface area contributed by atoms with Gasteiger partial charge in [-0.25, -0.2) is 0 Å². The molecule has 2 aromatic rings. The zero-order valence-electron chi connectivity index (χ0n) is 10.8. The minimum absolute atomic E-state index is 0.869. The molecule has 1 aliphatic rings. The van der Waals surface area contributed by atoms with E-state index in [9.17, 15) is 0 Å². The molecule has 0 saturated carbocycles. The van der Waals surface area contributed by atoms with E-state index in [0.29, 0.717) is 0 Å². The molecule has 0 unspecified atom stereocenters. The first-order chi connectivity index (χ1) is 8.83. The highest BCUT2D eigenvalue weighted by Gasteiger charge is 2.10. The predicted octanol–water partition coefficient (Wildman–Crippen LogP) is 2.20. The highest BCUT2D eigenvalue weighted by atomic mass is 15.3. The lowest BCUT2D eigenvalue weighted by Crippen LogP contribution is -2.15. The van der Waals surface area contributed by atoms with Gasteiger partial charge in [0.15, 0.2) is 0 Å². The normalized spacial score (nSPS) is 13.8. The van der Waals surface area contributed by atoms with Crippen molar-refractivity contribution in [3.63, 3.8) is 0 Å². The van der Waals surface area contributed by atoms with Gasteiger partial charge >= 0.3 is 0 Å². The molecule has 1 aromatic carbocycles. The van der Waals surface area contributed by atoms with Crippen LogP contribution in [0.3, 0.4) is 0 Å². The van der Waals surface area contributed by atoms with Crippen LogP contribution in [0.4, 0.5) is 0 Å². The van der Waals surface area contributed by atoms with Crippen molar-refractivity contribution in [3.05, 3.63) is 52.8 Å². The van der Waals surface area contributed by atoms with Crippen molar-refractivity contribution in [2.24, 2.45) is 7.05 Å². The van der Waals surface area contributed by atoms with Gasteiger partial charge in [0.1, 0.15) is 0 Å². The Morgan fingerprint density at radius 2 is 2.06 bits per heavy atom. The van der Waals surface area contributed by atoms with Crippen molar-refractivity contribution >= 4 is 0 Å². The molecule has 3 rings (SSSR count). The first kappa shape index (κ1) is 11.5. The molecule has 18 heavy (non-hydrogen) atoms. The van der Waals surface area contributed by atoms with Gasteiger partial charge in [-0.3, -0.25) is 4.68 Å². The van der Waals surface area contributed by atoms with Gasteiger partial charge in [0.25, 0.3) is 0 Å². The lowest BCUT2D eigenvalue weighted by Gasteiger charge is -2.07. The summed E-state index contributed by atoms with van der Waals surface area (Å²) in [5, 5.41) is 7.64. The fourth-order valence-corrected chi connectivity index (χ4v) is 2.64. The third kappa shape index (κ3) is 2.31. The summed E-state index contributed by atoms with van der Waals surface area (Å²) in [6, 6.07) is 8.96. The summed E-state index contributed by atoms with van der Waals surface area (Å²) in [5.41, 5.74) is 5.70. The Morgan fingerprint density at radius 1 is 1.17 bits per heavy atom. The Bertz CT molecular complexity index is 542. The quantitative estimate of drug-likeness (QED) is 0.889. The number of aryl methyl sites for hydroxylation is 3. The maximum absolute atomic E-state index is 4.17. The fourth-order valence-electron chi connectivity index (χ4n) is 2.64. The molecular weight excluding hydrogens is 222 g/mol. The van der Waals surface area contributed by atoms with Gasteiger partial charge in [0.05, 0.1) is 5.69 Å². The smallest absolute Gasteiger partial charge is 0.0518 e. The van der Waals surface area contributed by atoms with Crippen molar-refractivity contribution in [3.8, 4) is 0 Å². The molecule has 1 aromatic heterocycles. The van der Waals surface area contributed by atoms with E-state index in [1.807, 2.05) is 17.9 Å². The summed E-state index contributed by atoms with van der Waals surface area (Å²) in [6.45, 7) is 1.80. The van der Waals surface area contributed by atoms with E-state index in [1.54, 1.807) is 11.1 Å². The van der Waals surface area contributed by atoms with Crippen molar-refractivity contribution in [1.29, 1.82) is 0 Å². The fraction of sp³-hybridized carbons (Fsp3) is 0.400. The summed E-state index contributed by atoms with van der Waals surface area (Å²) in [6.07, 6.45) is 5.68. The Kier molecular flexibility index (Phi) is 3.15. The largest absolute Gasteiger partial charge is 0.307 e. The molecule has 3 heteroatoms. The number of nitrogens with one attached hydrogen (secondary N) is 1. The molecule has 3 nitrogen and oxygen atoms in total. The molecule has 1 heterocycles. The zero-order chi connectivity index (χ0) is 12.4. The van der Waals surface area contributed by atoms with Crippen LogP contribution in [0, 0.1) is 0 Å². The minimum Gasteiger partial charge on any atom is -0.307 e. The Labute approximate surface area is 108 Å². The van der Waals surface area contributed by atoms with Crippen molar-refractivity contribution < 1.29 is 0 Å². The van der Waals surface area contributed by atoms with Crippen LogP contribution in [0.2, 0.25) is 0 Å². The zero-order valence-corrected chi connectivity index (χ0v) is 10.8. The summed E-state index contributed by atoms with van der Waals surface area (Å²) < 4.78 is 1.91. The van der Waals surface area contributed by atoms with Crippen molar-refractivity contribution in [2.45, 2.75) is 32.4 Å². The average Bonchev–Trinajstić information content (AvgIpc) is 2.98. The van der Waals surface area contributed by atoms with Gasteiger partial charge in [0, 0.05) is 26.3 Å². The van der Waals surface area contributed by atoms with E-state index in [1.165, 1.54) is 30.5 Å². The minimum atomic E-state index is 0.869. The lowest BCUT2D eigenvalue weighted by atomic mass is 10.1. The van der Waals surface area contributed by atoms with E-state index < -0.39 is 0 Å². The number of fused-ring (bicyclic) bond motifs is 1. The molecule has 0 aliphatic heterocycles. The second kappa shape index (κ2) is 4.94. The molecular formula is C15H19N3. The number of nitrogens with zero attached hydrogens (tertiary/aromatic N) is 2. The number of aromatic nitrogens is 2.